The van der Waals surface area contributed by atoms with E-state index in [4.69, 9.17) is 5.11 Å². The molecule has 1 N–H and O–H groups in total. The zero-order valence-electron chi connectivity index (χ0n) is 8.32. The molecule has 6 heteroatoms. The van der Waals surface area contributed by atoms with Crippen molar-refractivity contribution in [3.63, 3.8) is 0 Å². The SMILES string of the molecule is CC(C(=O)O)n1cnc2cc(F)c(F)cc21. The molecule has 0 aliphatic carbocycles. The highest BCUT2D eigenvalue weighted by Crippen LogP contribution is 2.20. The molecule has 0 bridgehead atoms. The Morgan fingerprint density at radius 3 is 2.69 bits per heavy atom. The third-order valence-electron chi connectivity index (χ3n) is 2.39. The fourth-order valence-electron chi connectivity index (χ4n) is 1.45. The zero-order chi connectivity index (χ0) is 11.9. The summed E-state index contributed by atoms with van der Waals surface area (Å²) in [5, 5.41) is 8.82. The molecule has 0 saturated carbocycles. The number of benzene rings is 1. The van der Waals surface area contributed by atoms with Gasteiger partial charge < -0.3 is 9.67 Å². The summed E-state index contributed by atoms with van der Waals surface area (Å²) in [7, 11) is 0. The Morgan fingerprint density at radius 1 is 1.44 bits per heavy atom. The van der Waals surface area contributed by atoms with Crippen molar-refractivity contribution in [3.8, 4) is 0 Å². The molecule has 0 aliphatic heterocycles. The van der Waals surface area contributed by atoms with Crippen LogP contribution in [0.1, 0.15) is 13.0 Å². The lowest BCUT2D eigenvalue weighted by Crippen LogP contribution is -2.14. The Bertz CT molecular complexity index is 565. The highest BCUT2D eigenvalue weighted by atomic mass is 19.2. The van der Waals surface area contributed by atoms with Crippen LogP contribution >= 0.6 is 0 Å². The fourth-order valence-corrected chi connectivity index (χ4v) is 1.45. The molecule has 4 nitrogen and oxygen atoms in total. The van der Waals surface area contributed by atoms with Crippen LogP contribution in [0.15, 0.2) is 18.5 Å². The number of hydrogen-bond acceptors (Lipinski definition) is 2. The number of nitrogens with zero attached hydrogens (tertiary/aromatic N) is 2. The van der Waals surface area contributed by atoms with Crippen molar-refractivity contribution in [1.82, 2.24) is 9.55 Å². The van der Waals surface area contributed by atoms with Gasteiger partial charge in [0.25, 0.3) is 0 Å². The number of aromatic nitrogens is 2. The summed E-state index contributed by atoms with van der Waals surface area (Å²) in [4.78, 5) is 14.6. The first kappa shape index (κ1) is 10.5. The monoisotopic (exact) mass is 226 g/mol. The van der Waals surface area contributed by atoms with Gasteiger partial charge in [-0.1, -0.05) is 0 Å². The molecular formula is C10H8F2N2O2. The quantitative estimate of drug-likeness (QED) is 0.851. The van der Waals surface area contributed by atoms with Crippen molar-refractivity contribution in [1.29, 1.82) is 0 Å². The molecule has 1 heterocycles. The summed E-state index contributed by atoms with van der Waals surface area (Å²) in [5.74, 6) is -3.09. The van der Waals surface area contributed by atoms with Crippen LogP contribution in [0.2, 0.25) is 0 Å². The normalized spacial score (nSPS) is 12.9. The molecule has 0 aliphatic rings. The summed E-state index contributed by atoms with van der Waals surface area (Å²) in [6.07, 6.45) is 1.25. The first-order chi connectivity index (χ1) is 7.50. The van der Waals surface area contributed by atoms with Gasteiger partial charge in [0.1, 0.15) is 6.04 Å². The lowest BCUT2D eigenvalue weighted by atomic mass is 10.2. The van der Waals surface area contributed by atoms with Gasteiger partial charge in [0.05, 0.1) is 17.4 Å². The maximum atomic E-state index is 13.0. The largest absolute Gasteiger partial charge is 0.480 e. The lowest BCUT2D eigenvalue weighted by molar-refractivity contribution is -0.140. The van der Waals surface area contributed by atoms with Crippen LogP contribution < -0.4 is 0 Å². The topological polar surface area (TPSA) is 55.1 Å². The molecule has 2 aromatic rings. The average Bonchev–Trinajstić information content (AvgIpc) is 2.60. The molecule has 0 radical (unpaired) electrons. The van der Waals surface area contributed by atoms with Crippen molar-refractivity contribution < 1.29 is 18.7 Å². The van der Waals surface area contributed by atoms with Gasteiger partial charge in [-0.3, -0.25) is 0 Å². The van der Waals surface area contributed by atoms with E-state index in [2.05, 4.69) is 4.98 Å². The van der Waals surface area contributed by atoms with Crippen LogP contribution in [0.3, 0.4) is 0 Å². The molecule has 0 saturated heterocycles. The first-order valence-corrected chi connectivity index (χ1v) is 4.55. The van der Waals surface area contributed by atoms with Gasteiger partial charge in [-0.25, -0.2) is 18.6 Å². The number of carbonyl (C=O) groups is 1. The third-order valence-corrected chi connectivity index (χ3v) is 2.39. The maximum absolute atomic E-state index is 13.0. The van der Waals surface area contributed by atoms with Crippen LogP contribution in [0.4, 0.5) is 8.78 Å². The van der Waals surface area contributed by atoms with Gasteiger partial charge >= 0.3 is 5.97 Å². The van der Waals surface area contributed by atoms with E-state index in [0.717, 1.165) is 12.1 Å². The number of carboxylic acid groups (broad SMARTS) is 1. The minimum atomic E-state index is -1.07. The van der Waals surface area contributed by atoms with Gasteiger partial charge in [-0.15, -0.1) is 0 Å². The number of aliphatic carboxylic acids is 1. The van der Waals surface area contributed by atoms with E-state index in [9.17, 15) is 13.6 Å². The number of imidazole rings is 1. The van der Waals surface area contributed by atoms with Gasteiger partial charge in [0.15, 0.2) is 11.6 Å². The van der Waals surface area contributed by atoms with Crippen molar-refractivity contribution in [2.45, 2.75) is 13.0 Å². The summed E-state index contributed by atoms with van der Waals surface area (Å²) >= 11 is 0. The number of fused-ring (bicyclic) bond motifs is 1. The van der Waals surface area contributed by atoms with Crippen molar-refractivity contribution in [2.75, 3.05) is 0 Å². The summed E-state index contributed by atoms with van der Waals surface area (Å²) in [5.41, 5.74) is 0.487. The molecule has 0 spiro atoms. The minimum Gasteiger partial charge on any atom is -0.480 e. The second kappa shape index (κ2) is 3.55. The van der Waals surface area contributed by atoms with Gasteiger partial charge in [0, 0.05) is 12.1 Å². The highest BCUT2D eigenvalue weighted by molar-refractivity contribution is 5.79. The van der Waals surface area contributed by atoms with E-state index < -0.39 is 23.6 Å². The van der Waals surface area contributed by atoms with E-state index in [1.807, 2.05) is 0 Å². The summed E-state index contributed by atoms with van der Waals surface area (Å²) in [6.45, 7) is 1.44. The number of halogens is 2. The van der Waals surface area contributed by atoms with E-state index in [1.54, 1.807) is 0 Å². The summed E-state index contributed by atoms with van der Waals surface area (Å²) in [6, 6.07) is 1.00. The van der Waals surface area contributed by atoms with Crippen LogP contribution in [-0.4, -0.2) is 20.6 Å². The van der Waals surface area contributed by atoms with Crippen LogP contribution in [0.25, 0.3) is 11.0 Å². The van der Waals surface area contributed by atoms with Crippen LogP contribution in [0, 0.1) is 11.6 Å². The Morgan fingerprint density at radius 2 is 2.06 bits per heavy atom. The zero-order valence-corrected chi connectivity index (χ0v) is 8.32. The minimum absolute atomic E-state index is 0.229. The first-order valence-electron chi connectivity index (χ1n) is 4.55. The second-order valence-corrected chi connectivity index (χ2v) is 3.42. The molecule has 1 aromatic heterocycles. The molecule has 1 aromatic carbocycles. The molecular weight excluding hydrogens is 218 g/mol. The number of hydrogen-bond donors (Lipinski definition) is 1. The van der Waals surface area contributed by atoms with E-state index in [1.165, 1.54) is 17.8 Å². The highest BCUT2D eigenvalue weighted by Gasteiger charge is 2.17. The van der Waals surface area contributed by atoms with Crippen LogP contribution in [0.5, 0.6) is 0 Å². The third kappa shape index (κ3) is 1.52. The Labute approximate surface area is 89.1 Å². The van der Waals surface area contributed by atoms with E-state index in [-0.39, 0.29) is 11.0 Å². The molecule has 16 heavy (non-hydrogen) atoms. The fraction of sp³-hybridized carbons (Fsp3) is 0.200. The van der Waals surface area contributed by atoms with Crippen molar-refractivity contribution in [2.24, 2.45) is 0 Å². The standard InChI is InChI=1S/C10H8F2N2O2/c1-5(10(15)16)14-4-13-8-2-6(11)7(12)3-9(8)14/h2-5H,1H3,(H,15,16). The van der Waals surface area contributed by atoms with Crippen molar-refractivity contribution >= 4 is 17.0 Å². The smallest absolute Gasteiger partial charge is 0.326 e. The molecule has 0 amide bonds. The van der Waals surface area contributed by atoms with Gasteiger partial charge in [0.2, 0.25) is 0 Å². The van der Waals surface area contributed by atoms with Crippen molar-refractivity contribution in [3.05, 3.63) is 30.1 Å². The average molecular weight is 226 g/mol. The van der Waals surface area contributed by atoms with E-state index in [0.29, 0.717) is 0 Å². The Kier molecular flexibility index (Phi) is 2.34. The van der Waals surface area contributed by atoms with E-state index >= 15 is 0 Å². The molecule has 0 fully saturated rings. The second-order valence-electron chi connectivity index (χ2n) is 3.42. The molecule has 2 rings (SSSR count). The number of rotatable bonds is 2. The predicted molar refractivity (Wildman–Crippen MR) is 52.0 cm³/mol. The Hall–Kier alpha value is -1.98. The van der Waals surface area contributed by atoms with Gasteiger partial charge in [-0.05, 0) is 6.92 Å². The van der Waals surface area contributed by atoms with Gasteiger partial charge in [-0.2, -0.15) is 0 Å². The maximum Gasteiger partial charge on any atom is 0.326 e. The van der Waals surface area contributed by atoms with Crippen LogP contribution in [-0.2, 0) is 4.79 Å². The summed E-state index contributed by atoms with van der Waals surface area (Å²) < 4.78 is 27.2. The molecule has 84 valence electrons. The lowest BCUT2D eigenvalue weighted by Gasteiger charge is -2.08. The predicted octanol–water partition coefficient (Wildman–Crippen LogP) is 1.96. The molecule has 1 unspecified atom stereocenters. The molecule has 1 atom stereocenters. The number of carboxylic acids is 1. The Balaban J connectivity index is 2.65.